The predicted octanol–water partition coefficient (Wildman–Crippen LogP) is 4.18. The molecule has 0 bridgehead atoms. The summed E-state index contributed by atoms with van der Waals surface area (Å²) in [6.07, 6.45) is 0. The lowest BCUT2D eigenvalue weighted by molar-refractivity contribution is 0.593. The van der Waals surface area contributed by atoms with Crippen LogP contribution in [0.25, 0.3) is 22.6 Å². The highest BCUT2D eigenvalue weighted by Gasteiger charge is 2.13. The molecular weight excluding hydrogens is 267 g/mol. The molecule has 3 rings (SSSR count). The third kappa shape index (κ3) is 2.04. The summed E-state index contributed by atoms with van der Waals surface area (Å²) < 4.78 is 19.4. The Balaban J connectivity index is 2.20. The Labute approximate surface area is 113 Å². The van der Waals surface area contributed by atoms with Crippen molar-refractivity contribution in [1.29, 1.82) is 0 Å². The van der Waals surface area contributed by atoms with Crippen molar-refractivity contribution < 1.29 is 8.81 Å². The normalized spacial score (nSPS) is 11.1. The molecule has 0 saturated heterocycles. The van der Waals surface area contributed by atoms with E-state index in [4.69, 9.17) is 21.8 Å². The number of oxazole rings is 1. The second kappa shape index (κ2) is 4.24. The molecule has 1 aromatic heterocycles. The standard InChI is InChI=1S/C14H10ClFN2O/c1-7-2-3-8(10(16)4-7)14-18-12-5-9(15)11(17)6-13(12)19-14/h2-6H,17H2,1H3. The van der Waals surface area contributed by atoms with Crippen molar-refractivity contribution in [2.45, 2.75) is 6.92 Å². The molecule has 0 radical (unpaired) electrons. The molecular formula is C14H10ClFN2O. The van der Waals surface area contributed by atoms with Gasteiger partial charge in [0.2, 0.25) is 5.89 Å². The minimum atomic E-state index is -0.370. The zero-order valence-electron chi connectivity index (χ0n) is 10.1. The second-order valence-electron chi connectivity index (χ2n) is 4.34. The highest BCUT2D eigenvalue weighted by atomic mass is 35.5. The van der Waals surface area contributed by atoms with Crippen LogP contribution in [0.15, 0.2) is 34.7 Å². The van der Waals surface area contributed by atoms with E-state index in [0.717, 1.165) is 5.56 Å². The number of nitrogens with two attached hydrogens (primary N) is 1. The first-order chi connectivity index (χ1) is 9.04. The van der Waals surface area contributed by atoms with Crippen LogP contribution >= 0.6 is 11.6 Å². The summed E-state index contributed by atoms with van der Waals surface area (Å²) in [7, 11) is 0. The molecule has 0 unspecified atom stereocenters. The third-order valence-corrected chi connectivity index (χ3v) is 3.19. The van der Waals surface area contributed by atoms with Crippen LogP contribution < -0.4 is 5.73 Å². The summed E-state index contributed by atoms with van der Waals surface area (Å²) in [6, 6.07) is 8.06. The Morgan fingerprint density at radius 2 is 2.05 bits per heavy atom. The maximum Gasteiger partial charge on any atom is 0.230 e. The van der Waals surface area contributed by atoms with E-state index in [9.17, 15) is 4.39 Å². The van der Waals surface area contributed by atoms with Crippen LogP contribution in [-0.4, -0.2) is 4.98 Å². The number of aryl methyl sites for hydroxylation is 1. The van der Waals surface area contributed by atoms with Crippen molar-refractivity contribution in [2.24, 2.45) is 0 Å². The summed E-state index contributed by atoms with van der Waals surface area (Å²) >= 11 is 5.91. The summed E-state index contributed by atoms with van der Waals surface area (Å²) in [5.74, 6) is -0.153. The number of fused-ring (bicyclic) bond motifs is 1. The second-order valence-corrected chi connectivity index (χ2v) is 4.75. The summed E-state index contributed by atoms with van der Waals surface area (Å²) in [5.41, 5.74) is 8.28. The molecule has 0 aliphatic heterocycles. The molecule has 96 valence electrons. The number of anilines is 1. The Bertz CT molecular complexity index is 743. The van der Waals surface area contributed by atoms with E-state index in [0.29, 0.717) is 27.4 Å². The molecule has 0 atom stereocenters. The molecule has 2 aromatic carbocycles. The average Bonchev–Trinajstić information content (AvgIpc) is 2.72. The van der Waals surface area contributed by atoms with Crippen LogP contribution in [-0.2, 0) is 0 Å². The topological polar surface area (TPSA) is 52.0 Å². The van der Waals surface area contributed by atoms with E-state index >= 15 is 0 Å². The molecule has 5 heteroatoms. The fourth-order valence-corrected chi connectivity index (χ4v) is 2.03. The van der Waals surface area contributed by atoms with Gasteiger partial charge < -0.3 is 10.2 Å². The predicted molar refractivity (Wildman–Crippen MR) is 73.6 cm³/mol. The SMILES string of the molecule is Cc1ccc(-c2nc3cc(Cl)c(N)cc3o2)c(F)c1. The smallest absolute Gasteiger partial charge is 0.230 e. The molecule has 0 saturated carbocycles. The van der Waals surface area contributed by atoms with Gasteiger partial charge in [0, 0.05) is 6.07 Å². The van der Waals surface area contributed by atoms with Crippen LogP contribution in [0.2, 0.25) is 5.02 Å². The molecule has 3 aromatic rings. The van der Waals surface area contributed by atoms with Gasteiger partial charge in [-0.15, -0.1) is 0 Å². The first-order valence-electron chi connectivity index (χ1n) is 5.66. The highest BCUT2D eigenvalue weighted by Crippen LogP contribution is 2.30. The van der Waals surface area contributed by atoms with Crippen molar-refractivity contribution in [3.05, 3.63) is 46.7 Å². The van der Waals surface area contributed by atoms with Gasteiger partial charge in [-0.25, -0.2) is 9.37 Å². The van der Waals surface area contributed by atoms with Crippen molar-refractivity contribution in [2.75, 3.05) is 5.73 Å². The number of hydrogen-bond acceptors (Lipinski definition) is 3. The van der Waals surface area contributed by atoms with Crippen LogP contribution in [0.1, 0.15) is 5.56 Å². The van der Waals surface area contributed by atoms with Crippen LogP contribution in [0.3, 0.4) is 0 Å². The molecule has 0 aliphatic carbocycles. The van der Waals surface area contributed by atoms with E-state index in [1.54, 1.807) is 24.3 Å². The number of benzene rings is 2. The van der Waals surface area contributed by atoms with Crippen LogP contribution in [0.5, 0.6) is 0 Å². The van der Waals surface area contributed by atoms with E-state index in [-0.39, 0.29) is 11.7 Å². The molecule has 2 N–H and O–H groups in total. The fraction of sp³-hybridized carbons (Fsp3) is 0.0714. The Morgan fingerprint density at radius 1 is 1.26 bits per heavy atom. The zero-order chi connectivity index (χ0) is 13.6. The molecule has 1 heterocycles. The Kier molecular flexibility index (Phi) is 2.68. The van der Waals surface area contributed by atoms with Gasteiger partial charge in [0.1, 0.15) is 11.3 Å². The highest BCUT2D eigenvalue weighted by molar-refractivity contribution is 6.33. The van der Waals surface area contributed by atoms with Crippen molar-refractivity contribution in [3.8, 4) is 11.5 Å². The first kappa shape index (κ1) is 12.0. The maximum absolute atomic E-state index is 13.9. The lowest BCUT2D eigenvalue weighted by Crippen LogP contribution is -1.85. The van der Waals surface area contributed by atoms with Crippen molar-refractivity contribution in [3.63, 3.8) is 0 Å². The maximum atomic E-state index is 13.9. The number of nitrogen functional groups attached to an aromatic ring is 1. The number of rotatable bonds is 1. The average molecular weight is 277 g/mol. The molecule has 0 aliphatic rings. The summed E-state index contributed by atoms with van der Waals surface area (Å²) in [5, 5.41) is 0.400. The molecule has 0 fully saturated rings. The van der Waals surface area contributed by atoms with Crippen LogP contribution in [0, 0.1) is 12.7 Å². The lowest BCUT2D eigenvalue weighted by Gasteiger charge is -1.98. The first-order valence-corrected chi connectivity index (χ1v) is 6.04. The van der Waals surface area contributed by atoms with Gasteiger partial charge in [-0.2, -0.15) is 0 Å². The largest absolute Gasteiger partial charge is 0.436 e. The van der Waals surface area contributed by atoms with Gasteiger partial charge in [-0.1, -0.05) is 17.7 Å². The van der Waals surface area contributed by atoms with E-state index in [1.807, 2.05) is 6.92 Å². The quantitative estimate of drug-likeness (QED) is 0.678. The van der Waals surface area contributed by atoms with Gasteiger partial charge in [-0.3, -0.25) is 0 Å². The molecule has 0 amide bonds. The summed E-state index contributed by atoms with van der Waals surface area (Å²) in [4.78, 5) is 4.23. The monoisotopic (exact) mass is 276 g/mol. The molecule has 3 nitrogen and oxygen atoms in total. The van der Waals surface area contributed by atoms with Gasteiger partial charge in [0.25, 0.3) is 0 Å². The number of nitrogens with zero attached hydrogens (tertiary/aromatic N) is 1. The minimum Gasteiger partial charge on any atom is -0.436 e. The Morgan fingerprint density at radius 3 is 2.79 bits per heavy atom. The molecule has 0 spiro atoms. The zero-order valence-corrected chi connectivity index (χ0v) is 10.8. The minimum absolute atomic E-state index is 0.217. The van der Waals surface area contributed by atoms with Crippen molar-refractivity contribution in [1.82, 2.24) is 4.98 Å². The van der Waals surface area contributed by atoms with E-state index in [1.165, 1.54) is 6.07 Å². The van der Waals surface area contributed by atoms with E-state index in [2.05, 4.69) is 4.98 Å². The van der Waals surface area contributed by atoms with Gasteiger partial charge in [0.05, 0.1) is 16.3 Å². The number of aromatic nitrogens is 1. The van der Waals surface area contributed by atoms with Gasteiger partial charge >= 0.3 is 0 Å². The Hall–Kier alpha value is -2.07. The van der Waals surface area contributed by atoms with Gasteiger partial charge in [-0.05, 0) is 30.7 Å². The fourth-order valence-electron chi connectivity index (χ4n) is 1.87. The third-order valence-electron chi connectivity index (χ3n) is 2.86. The van der Waals surface area contributed by atoms with Crippen LogP contribution in [0.4, 0.5) is 10.1 Å². The number of halogens is 2. The van der Waals surface area contributed by atoms with Crippen molar-refractivity contribution >= 4 is 28.4 Å². The van der Waals surface area contributed by atoms with Gasteiger partial charge in [0.15, 0.2) is 5.58 Å². The molecule has 19 heavy (non-hydrogen) atoms. The number of hydrogen-bond donors (Lipinski definition) is 1. The van der Waals surface area contributed by atoms with E-state index < -0.39 is 0 Å². The summed E-state index contributed by atoms with van der Waals surface area (Å²) in [6.45, 7) is 1.82. The lowest BCUT2D eigenvalue weighted by atomic mass is 10.1.